The van der Waals surface area contributed by atoms with Crippen LogP contribution in [0.25, 0.3) is 0 Å². The number of amides is 1. The molecule has 1 amide bonds. The van der Waals surface area contributed by atoms with Gasteiger partial charge >= 0.3 is 5.97 Å². The SMILES string of the molecule is COC(=O)CC(NC(=O)c1ccc(OCc2cscn2)c(OC)c1)c1cccs1. The van der Waals surface area contributed by atoms with Crippen molar-refractivity contribution in [3.8, 4) is 11.5 Å². The summed E-state index contributed by atoms with van der Waals surface area (Å²) in [6, 6.07) is 8.21. The van der Waals surface area contributed by atoms with Crippen LogP contribution in [0.5, 0.6) is 11.5 Å². The fourth-order valence-corrected chi connectivity index (χ4v) is 3.91. The van der Waals surface area contributed by atoms with E-state index in [4.69, 9.17) is 14.2 Å². The molecule has 152 valence electrons. The minimum absolute atomic E-state index is 0.0503. The molecule has 29 heavy (non-hydrogen) atoms. The van der Waals surface area contributed by atoms with Gasteiger partial charge in [-0.05, 0) is 29.6 Å². The zero-order valence-corrected chi connectivity index (χ0v) is 17.5. The number of hydrogen-bond donors (Lipinski definition) is 1. The minimum Gasteiger partial charge on any atom is -0.493 e. The normalized spacial score (nSPS) is 11.5. The fourth-order valence-electron chi connectivity index (χ4n) is 2.59. The molecule has 7 nitrogen and oxygen atoms in total. The van der Waals surface area contributed by atoms with Crippen molar-refractivity contribution < 1.29 is 23.8 Å². The summed E-state index contributed by atoms with van der Waals surface area (Å²) in [4.78, 5) is 29.6. The van der Waals surface area contributed by atoms with Crippen molar-refractivity contribution in [2.75, 3.05) is 14.2 Å². The Hall–Kier alpha value is -2.91. The van der Waals surface area contributed by atoms with Crippen LogP contribution in [0.15, 0.2) is 46.6 Å². The molecule has 1 unspecified atom stereocenters. The molecule has 0 aliphatic heterocycles. The molecule has 0 saturated carbocycles. The average Bonchev–Trinajstić information content (AvgIpc) is 3.45. The second kappa shape index (κ2) is 10.0. The summed E-state index contributed by atoms with van der Waals surface area (Å²) < 4.78 is 15.9. The van der Waals surface area contributed by atoms with E-state index in [0.717, 1.165) is 10.6 Å². The number of thiazole rings is 1. The highest BCUT2D eigenvalue weighted by Gasteiger charge is 2.21. The molecule has 3 aromatic rings. The Bertz CT molecular complexity index is 942. The van der Waals surface area contributed by atoms with E-state index in [0.29, 0.717) is 23.7 Å². The topological polar surface area (TPSA) is 86.8 Å². The Morgan fingerprint density at radius 3 is 2.72 bits per heavy atom. The van der Waals surface area contributed by atoms with Gasteiger partial charge in [0.15, 0.2) is 11.5 Å². The number of esters is 1. The van der Waals surface area contributed by atoms with Gasteiger partial charge in [0, 0.05) is 15.8 Å². The minimum atomic E-state index is -0.471. The van der Waals surface area contributed by atoms with E-state index in [1.165, 1.54) is 36.9 Å². The van der Waals surface area contributed by atoms with E-state index < -0.39 is 12.0 Å². The summed E-state index contributed by atoms with van der Waals surface area (Å²) in [5.41, 5.74) is 2.96. The van der Waals surface area contributed by atoms with E-state index in [1.807, 2.05) is 22.9 Å². The van der Waals surface area contributed by atoms with Crippen molar-refractivity contribution in [3.63, 3.8) is 0 Å². The summed E-state index contributed by atoms with van der Waals surface area (Å²) in [6.45, 7) is 0.311. The van der Waals surface area contributed by atoms with E-state index >= 15 is 0 Å². The van der Waals surface area contributed by atoms with Crippen LogP contribution < -0.4 is 14.8 Å². The third-order valence-corrected chi connectivity index (χ3v) is 5.70. The predicted octanol–water partition coefficient (Wildman–Crippen LogP) is 3.83. The highest BCUT2D eigenvalue weighted by molar-refractivity contribution is 7.10. The molecule has 0 radical (unpaired) electrons. The lowest BCUT2D eigenvalue weighted by Gasteiger charge is -2.17. The number of methoxy groups -OCH3 is 2. The summed E-state index contributed by atoms with van der Waals surface area (Å²) in [5.74, 6) is 0.235. The van der Waals surface area contributed by atoms with Crippen LogP contribution in [-0.2, 0) is 16.1 Å². The van der Waals surface area contributed by atoms with Crippen LogP contribution in [0, 0.1) is 0 Å². The molecule has 0 saturated heterocycles. The Kier molecular flexibility index (Phi) is 7.20. The van der Waals surface area contributed by atoms with Gasteiger partial charge < -0.3 is 19.5 Å². The molecular weight excluding hydrogens is 412 g/mol. The molecule has 0 fully saturated rings. The van der Waals surface area contributed by atoms with Gasteiger partial charge in [0.1, 0.15) is 6.61 Å². The number of thiophene rings is 1. The Morgan fingerprint density at radius 1 is 1.21 bits per heavy atom. The smallest absolute Gasteiger partial charge is 0.307 e. The highest BCUT2D eigenvalue weighted by Crippen LogP contribution is 2.29. The molecule has 3 rings (SSSR count). The van der Waals surface area contributed by atoms with Gasteiger partial charge in [-0.15, -0.1) is 22.7 Å². The van der Waals surface area contributed by atoms with Gasteiger partial charge in [0.05, 0.1) is 37.9 Å². The van der Waals surface area contributed by atoms with Crippen molar-refractivity contribution in [1.29, 1.82) is 0 Å². The first-order valence-electron chi connectivity index (χ1n) is 8.69. The van der Waals surface area contributed by atoms with Gasteiger partial charge in [-0.2, -0.15) is 0 Å². The van der Waals surface area contributed by atoms with Crippen LogP contribution >= 0.6 is 22.7 Å². The number of benzene rings is 1. The third-order valence-electron chi connectivity index (χ3n) is 4.08. The quantitative estimate of drug-likeness (QED) is 0.517. The standard InChI is InChI=1S/C20H20N2O5S2/c1-25-17-8-13(5-6-16(17)27-10-14-11-28-12-21-14)20(24)22-15(9-19(23)26-2)18-4-3-7-29-18/h3-8,11-12,15H,9-10H2,1-2H3,(H,22,24). The zero-order valence-electron chi connectivity index (χ0n) is 15.9. The van der Waals surface area contributed by atoms with Crippen LogP contribution in [0.1, 0.15) is 33.4 Å². The van der Waals surface area contributed by atoms with E-state index in [1.54, 1.807) is 23.7 Å². The number of aromatic nitrogens is 1. The average molecular weight is 433 g/mol. The molecule has 1 N–H and O–H groups in total. The van der Waals surface area contributed by atoms with E-state index in [9.17, 15) is 9.59 Å². The maximum absolute atomic E-state index is 12.8. The maximum Gasteiger partial charge on any atom is 0.307 e. The number of nitrogens with zero attached hydrogens (tertiary/aromatic N) is 1. The van der Waals surface area contributed by atoms with Crippen molar-refractivity contribution in [1.82, 2.24) is 10.3 Å². The van der Waals surface area contributed by atoms with Crippen molar-refractivity contribution in [3.05, 3.63) is 62.7 Å². The van der Waals surface area contributed by atoms with Crippen molar-refractivity contribution in [2.45, 2.75) is 19.1 Å². The number of nitrogens with one attached hydrogen (secondary N) is 1. The number of carbonyl (C=O) groups is 2. The maximum atomic E-state index is 12.8. The molecule has 1 aromatic carbocycles. The lowest BCUT2D eigenvalue weighted by molar-refractivity contribution is -0.141. The fraction of sp³-hybridized carbons (Fsp3) is 0.250. The monoisotopic (exact) mass is 432 g/mol. The first-order valence-corrected chi connectivity index (χ1v) is 10.5. The number of ether oxygens (including phenoxy) is 3. The molecular formula is C20H20N2O5S2. The van der Waals surface area contributed by atoms with E-state index in [-0.39, 0.29) is 12.3 Å². The Labute approximate surface area is 176 Å². The third kappa shape index (κ3) is 5.55. The van der Waals surface area contributed by atoms with Crippen molar-refractivity contribution in [2.24, 2.45) is 0 Å². The number of carbonyl (C=O) groups excluding carboxylic acids is 2. The molecule has 9 heteroatoms. The molecule has 2 aromatic heterocycles. The van der Waals surface area contributed by atoms with Crippen LogP contribution in [0.2, 0.25) is 0 Å². The van der Waals surface area contributed by atoms with Gasteiger partial charge in [0.2, 0.25) is 0 Å². The zero-order chi connectivity index (χ0) is 20.6. The second-order valence-electron chi connectivity index (χ2n) is 5.96. The largest absolute Gasteiger partial charge is 0.493 e. The highest BCUT2D eigenvalue weighted by atomic mass is 32.1. The van der Waals surface area contributed by atoms with Crippen LogP contribution in [0.4, 0.5) is 0 Å². The van der Waals surface area contributed by atoms with Crippen molar-refractivity contribution >= 4 is 34.6 Å². The predicted molar refractivity (Wildman–Crippen MR) is 111 cm³/mol. The molecule has 2 heterocycles. The first-order chi connectivity index (χ1) is 14.1. The molecule has 0 bridgehead atoms. The summed E-state index contributed by atoms with van der Waals surface area (Å²) >= 11 is 2.96. The number of hydrogen-bond acceptors (Lipinski definition) is 8. The second-order valence-corrected chi connectivity index (χ2v) is 7.65. The van der Waals surface area contributed by atoms with E-state index in [2.05, 4.69) is 10.3 Å². The summed E-state index contributed by atoms with van der Waals surface area (Å²) in [5, 5.41) is 6.69. The van der Waals surface area contributed by atoms with Gasteiger partial charge in [-0.1, -0.05) is 6.07 Å². The van der Waals surface area contributed by atoms with Gasteiger partial charge in [0.25, 0.3) is 5.91 Å². The van der Waals surface area contributed by atoms with Crippen LogP contribution in [0.3, 0.4) is 0 Å². The van der Waals surface area contributed by atoms with Gasteiger partial charge in [-0.25, -0.2) is 4.98 Å². The molecule has 0 spiro atoms. The lowest BCUT2D eigenvalue weighted by atomic mass is 10.1. The number of rotatable bonds is 9. The van der Waals surface area contributed by atoms with Crippen LogP contribution in [-0.4, -0.2) is 31.1 Å². The van der Waals surface area contributed by atoms with Gasteiger partial charge in [-0.3, -0.25) is 9.59 Å². The summed E-state index contributed by atoms with van der Waals surface area (Å²) in [7, 11) is 2.84. The molecule has 1 atom stereocenters. The Balaban J connectivity index is 1.72. The Morgan fingerprint density at radius 2 is 2.07 bits per heavy atom. The molecule has 0 aliphatic carbocycles. The summed E-state index contributed by atoms with van der Waals surface area (Å²) in [6.07, 6.45) is 0.0503. The lowest BCUT2D eigenvalue weighted by Crippen LogP contribution is -2.30. The first kappa shape index (κ1) is 20.8. The molecule has 0 aliphatic rings.